The fraction of sp³-hybridized carbons (Fsp3) is 0.647. The first kappa shape index (κ1) is 16.0. The molecule has 0 fully saturated rings. The molecule has 0 bridgehead atoms. The van der Waals surface area contributed by atoms with Crippen molar-refractivity contribution in [2.24, 2.45) is 5.92 Å². The molecule has 2 atom stereocenters. The maximum atomic E-state index is 10.4. The Bertz CT molecular complexity index is 374. The monoisotopic (exact) mass is 264 g/mol. The minimum atomic E-state index is -0.378. The number of benzene rings is 1. The molecule has 2 heteroatoms. The quantitative estimate of drug-likeness (QED) is 0.741. The molecule has 0 aliphatic carbocycles. The van der Waals surface area contributed by atoms with E-state index in [1.54, 1.807) is 7.11 Å². The Morgan fingerprint density at radius 3 is 2.58 bits per heavy atom. The summed E-state index contributed by atoms with van der Waals surface area (Å²) in [5, 5.41) is 10.4. The first-order valence-electron chi connectivity index (χ1n) is 7.44. The summed E-state index contributed by atoms with van der Waals surface area (Å²) in [6, 6.07) is 5.99. The van der Waals surface area contributed by atoms with E-state index in [4.69, 9.17) is 4.74 Å². The van der Waals surface area contributed by atoms with E-state index < -0.39 is 0 Å². The summed E-state index contributed by atoms with van der Waals surface area (Å²) >= 11 is 0. The van der Waals surface area contributed by atoms with Crippen molar-refractivity contribution >= 4 is 0 Å². The smallest absolute Gasteiger partial charge is 0.122 e. The maximum Gasteiger partial charge on any atom is 0.122 e. The molecule has 2 nitrogen and oxygen atoms in total. The lowest BCUT2D eigenvalue weighted by Crippen LogP contribution is -2.07. The minimum absolute atomic E-state index is 0.378. The van der Waals surface area contributed by atoms with Crippen LogP contribution >= 0.6 is 0 Å². The molecule has 0 spiro atoms. The van der Waals surface area contributed by atoms with E-state index in [9.17, 15) is 5.11 Å². The molecule has 0 amide bonds. The summed E-state index contributed by atoms with van der Waals surface area (Å²) in [5.41, 5.74) is 2.08. The molecule has 0 aliphatic rings. The molecule has 0 saturated heterocycles. The van der Waals surface area contributed by atoms with Crippen LogP contribution in [0.15, 0.2) is 18.2 Å². The van der Waals surface area contributed by atoms with Gasteiger partial charge in [0.1, 0.15) is 5.75 Å². The summed E-state index contributed by atoms with van der Waals surface area (Å²) in [4.78, 5) is 0. The summed E-state index contributed by atoms with van der Waals surface area (Å²) in [6.07, 6.45) is 5.31. The Balaban J connectivity index is 2.68. The second-order valence-corrected chi connectivity index (χ2v) is 5.40. The number of aliphatic hydroxyl groups excluding tert-OH is 1. The van der Waals surface area contributed by atoms with Crippen molar-refractivity contribution in [2.45, 2.75) is 59.0 Å². The highest BCUT2D eigenvalue weighted by Gasteiger charge is 2.15. The highest BCUT2D eigenvalue weighted by Crippen LogP contribution is 2.29. The van der Waals surface area contributed by atoms with Crippen LogP contribution in [0.5, 0.6) is 5.75 Å². The molecule has 2 unspecified atom stereocenters. The second kappa shape index (κ2) is 8.21. The topological polar surface area (TPSA) is 29.5 Å². The summed E-state index contributed by atoms with van der Waals surface area (Å²) in [5.74, 6) is 1.47. The molecule has 1 N–H and O–H groups in total. The average molecular weight is 264 g/mol. The van der Waals surface area contributed by atoms with Crippen molar-refractivity contribution in [3.05, 3.63) is 29.3 Å². The molecule has 1 rings (SSSR count). The highest BCUT2D eigenvalue weighted by molar-refractivity contribution is 5.37. The number of unbranched alkanes of at least 4 members (excludes halogenated alkanes) is 1. The number of ether oxygens (including phenoxy) is 1. The zero-order chi connectivity index (χ0) is 14.3. The van der Waals surface area contributed by atoms with Crippen molar-refractivity contribution in [2.75, 3.05) is 7.11 Å². The number of aryl methyl sites for hydroxylation is 1. The molecule has 0 aromatic heterocycles. The van der Waals surface area contributed by atoms with Gasteiger partial charge < -0.3 is 9.84 Å². The Kier molecular flexibility index (Phi) is 6.93. The Labute approximate surface area is 117 Å². The van der Waals surface area contributed by atoms with Crippen LogP contribution in [0.4, 0.5) is 0 Å². The van der Waals surface area contributed by atoms with Gasteiger partial charge in [-0.1, -0.05) is 51.7 Å². The fourth-order valence-electron chi connectivity index (χ4n) is 2.48. The van der Waals surface area contributed by atoms with Crippen LogP contribution in [0, 0.1) is 12.8 Å². The Morgan fingerprint density at radius 2 is 2.00 bits per heavy atom. The Morgan fingerprint density at radius 1 is 1.26 bits per heavy atom. The Hall–Kier alpha value is -1.02. The lowest BCUT2D eigenvalue weighted by molar-refractivity contribution is 0.139. The van der Waals surface area contributed by atoms with Gasteiger partial charge in [0, 0.05) is 0 Å². The minimum Gasteiger partial charge on any atom is -0.496 e. The molecule has 0 radical (unpaired) electrons. The van der Waals surface area contributed by atoms with E-state index in [-0.39, 0.29) is 6.10 Å². The number of aliphatic hydroxyl groups is 1. The first-order chi connectivity index (χ1) is 9.12. The average Bonchev–Trinajstić information content (AvgIpc) is 2.43. The zero-order valence-corrected chi connectivity index (χ0v) is 12.8. The molecule has 1 aromatic rings. The zero-order valence-electron chi connectivity index (χ0n) is 12.8. The van der Waals surface area contributed by atoms with E-state index >= 15 is 0 Å². The van der Waals surface area contributed by atoms with Gasteiger partial charge in [0.15, 0.2) is 0 Å². The molecule has 0 aliphatic heterocycles. The molecular weight excluding hydrogens is 236 g/mol. The van der Waals surface area contributed by atoms with Crippen molar-refractivity contribution in [1.29, 1.82) is 0 Å². The van der Waals surface area contributed by atoms with Crippen LogP contribution < -0.4 is 4.74 Å². The van der Waals surface area contributed by atoms with E-state index in [2.05, 4.69) is 13.8 Å². The van der Waals surface area contributed by atoms with Crippen LogP contribution in [-0.4, -0.2) is 12.2 Å². The fourth-order valence-corrected chi connectivity index (χ4v) is 2.48. The second-order valence-electron chi connectivity index (χ2n) is 5.40. The van der Waals surface area contributed by atoms with Gasteiger partial charge in [-0.25, -0.2) is 0 Å². The number of rotatable bonds is 8. The molecule has 1 aromatic carbocycles. The third-order valence-electron chi connectivity index (χ3n) is 3.92. The predicted molar refractivity (Wildman–Crippen MR) is 80.6 cm³/mol. The summed E-state index contributed by atoms with van der Waals surface area (Å²) in [6.45, 7) is 6.45. The van der Waals surface area contributed by atoms with E-state index in [0.29, 0.717) is 5.92 Å². The number of methoxy groups -OCH3 is 1. The van der Waals surface area contributed by atoms with Crippen molar-refractivity contribution in [1.82, 2.24) is 0 Å². The summed E-state index contributed by atoms with van der Waals surface area (Å²) < 4.78 is 5.32. The summed E-state index contributed by atoms with van der Waals surface area (Å²) in [7, 11) is 1.68. The molecule has 108 valence electrons. The van der Waals surface area contributed by atoms with Gasteiger partial charge in [-0.05, 0) is 36.5 Å². The maximum absolute atomic E-state index is 10.4. The van der Waals surface area contributed by atoms with Crippen LogP contribution in [0.3, 0.4) is 0 Å². The third-order valence-corrected chi connectivity index (χ3v) is 3.92. The normalized spacial score (nSPS) is 14.2. The van der Waals surface area contributed by atoms with Gasteiger partial charge in [0.2, 0.25) is 0 Å². The van der Waals surface area contributed by atoms with Crippen LogP contribution in [0.25, 0.3) is 0 Å². The third kappa shape index (κ3) is 4.87. The van der Waals surface area contributed by atoms with Gasteiger partial charge in [-0.3, -0.25) is 0 Å². The van der Waals surface area contributed by atoms with E-state index in [0.717, 1.165) is 29.7 Å². The SMILES string of the molecule is CCCCC(CC)CC(O)c1ccc(C)c(OC)c1. The lowest BCUT2D eigenvalue weighted by Gasteiger charge is -2.20. The van der Waals surface area contributed by atoms with Gasteiger partial charge in [0.25, 0.3) is 0 Å². The van der Waals surface area contributed by atoms with Crippen LogP contribution in [0.2, 0.25) is 0 Å². The van der Waals surface area contributed by atoms with Crippen molar-refractivity contribution in [3.8, 4) is 5.75 Å². The molecule has 0 saturated carbocycles. The number of hydrogen-bond donors (Lipinski definition) is 1. The standard InChI is InChI=1S/C17H28O2/c1-5-7-8-14(6-2)11-16(18)15-10-9-13(3)17(12-15)19-4/h9-10,12,14,16,18H,5-8,11H2,1-4H3. The predicted octanol–water partition coefficient (Wildman–Crippen LogP) is 4.64. The van der Waals surface area contributed by atoms with Gasteiger partial charge >= 0.3 is 0 Å². The van der Waals surface area contributed by atoms with Crippen molar-refractivity contribution < 1.29 is 9.84 Å². The first-order valence-corrected chi connectivity index (χ1v) is 7.44. The van der Waals surface area contributed by atoms with Crippen molar-refractivity contribution in [3.63, 3.8) is 0 Å². The van der Waals surface area contributed by atoms with Gasteiger partial charge in [-0.2, -0.15) is 0 Å². The van der Waals surface area contributed by atoms with Crippen LogP contribution in [0.1, 0.15) is 63.2 Å². The van der Waals surface area contributed by atoms with Gasteiger partial charge in [0.05, 0.1) is 13.2 Å². The highest BCUT2D eigenvalue weighted by atomic mass is 16.5. The van der Waals surface area contributed by atoms with E-state index in [1.165, 1.54) is 19.3 Å². The van der Waals surface area contributed by atoms with Gasteiger partial charge in [-0.15, -0.1) is 0 Å². The lowest BCUT2D eigenvalue weighted by atomic mass is 9.90. The van der Waals surface area contributed by atoms with Crippen LogP contribution in [-0.2, 0) is 0 Å². The number of hydrogen-bond acceptors (Lipinski definition) is 2. The largest absolute Gasteiger partial charge is 0.496 e. The molecule has 0 heterocycles. The molecular formula is C17H28O2. The molecule has 19 heavy (non-hydrogen) atoms. The van der Waals surface area contributed by atoms with E-state index in [1.807, 2.05) is 25.1 Å².